The third kappa shape index (κ3) is 4.11. The average molecular weight is 348 g/mol. The van der Waals surface area contributed by atoms with Crippen LogP contribution in [0.1, 0.15) is 35.7 Å². The minimum atomic E-state index is -0.0983. The first-order valence-electron chi connectivity index (χ1n) is 6.87. The van der Waals surface area contributed by atoms with E-state index in [1.807, 2.05) is 18.3 Å². The maximum atomic E-state index is 12.2. The van der Waals surface area contributed by atoms with Gasteiger partial charge in [0.15, 0.2) is 0 Å². The Balaban J connectivity index is 2.06. The monoisotopic (exact) mass is 347 g/mol. The third-order valence-electron chi connectivity index (χ3n) is 3.42. The van der Waals surface area contributed by atoms with Crippen LogP contribution in [0.5, 0.6) is 0 Å². The average Bonchev–Trinajstić information content (AvgIpc) is 2.48. The molecule has 0 aliphatic rings. The van der Waals surface area contributed by atoms with Gasteiger partial charge < -0.3 is 5.32 Å². The van der Waals surface area contributed by atoms with E-state index in [-0.39, 0.29) is 11.8 Å². The van der Waals surface area contributed by atoms with Crippen LogP contribution >= 0.6 is 15.9 Å². The first-order chi connectivity index (χ1) is 10.1. The normalized spacial score (nSPS) is 12.2. The number of carbonyl (C=O) groups excluding carboxylic acids is 1. The zero-order chi connectivity index (χ0) is 15.2. The first-order valence-corrected chi connectivity index (χ1v) is 7.66. The van der Waals surface area contributed by atoms with Gasteiger partial charge in [-0.1, -0.05) is 19.9 Å². The predicted molar refractivity (Wildman–Crippen MR) is 86.1 cm³/mol. The van der Waals surface area contributed by atoms with Gasteiger partial charge in [-0.15, -0.1) is 0 Å². The molecule has 0 radical (unpaired) electrons. The second-order valence-corrected chi connectivity index (χ2v) is 6.06. The molecule has 4 nitrogen and oxygen atoms in total. The van der Waals surface area contributed by atoms with E-state index in [1.54, 1.807) is 24.7 Å². The number of rotatable bonds is 5. The maximum absolute atomic E-state index is 12.2. The highest BCUT2D eigenvalue weighted by molar-refractivity contribution is 9.10. The second-order valence-electron chi connectivity index (χ2n) is 5.20. The van der Waals surface area contributed by atoms with Crippen molar-refractivity contribution in [3.05, 3.63) is 58.6 Å². The van der Waals surface area contributed by atoms with E-state index in [9.17, 15) is 4.79 Å². The molecule has 2 aromatic rings. The van der Waals surface area contributed by atoms with Gasteiger partial charge in [-0.05, 0) is 39.5 Å². The summed E-state index contributed by atoms with van der Waals surface area (Å²) in [5, 5.41) is 3.00. The Bertz CT molecular complexity index is 601. The van der Waals surface area contributed by atoms with Crippen LogP contribution in [0.3, 0.4) is 0 Å². The highest BCUT2D eigenvalue weighted by Crippen LogP contribution is 2.23. The van der Waals surface area contributed by atoms with E-state index in [1.165, 1.54) is 0 Å². The molecule has 0 aliphatic heterocycles. The number of hydrogen-bond donors (Lipinski definition) is 1. The molecule has 1 unspecified atom stereocenters. The molecule has 0 fully saturated rings. The summed E-state index contributed by atoms with van der Waals surface area (Å²) in [7, 11) is 0. The highest BCUT2D eigenvalue weighted by Gasteiger charge is 2.18. The summed E-state index contributed by atoms with van der Waals surface area (Å²) in [6.45, 7) is 4.87. The van der Waals surface area contributed by atoms with E-state index < -0.39 is 0 Å². The number of hydrogen-bond acceptors (Lipinski definition) is 3. The smallest absolute Gasteiger partial charge is 0.252 e. The number of carbonyl (C=O) groups is 1. The molecule has 0 aliphatic carbocycles. The molecule has 1 atom stereocenters. The lowest BCUT2D eigenvalue weighted by atomic mass is 9.89. The summed E-state index contributed by atoms with van der Waals surface area (Å²) in [5.74, 6) is 0.553. The van der Waals surface area contributed by atoms with Crippen molar-refractivity contribution in [2.24, 2.45) is 5.92 Å². The molecule has 2 heterocycles. The number of aromatic nitrogens is 2. The van der Waals surface area contributed by atoms with Crippen molar-refractivity contribution in [1.82, 2.24) is 15.3 Å². The Morgan fingerprint density at radius 3 is 2.62 bits per heavy atom. The Kier molecular flexibility index (Phi) is 5.44. The topological polar surface area (TPSA) is 54.9 Å². The van der Waals surface area contributed by atoms with E-state index in [2.05, 4.69) is 45.1 Å². The van der Waals surface area contributed by atoms with Gasteiger partial charge in [0.25, 0.3) is 5.91 Å². The second kappa shape index (κ2) is 7.31. The van der Waals surface area contributed by atoms with Crippen molar-refractivity contribution >= 4 is 21.8 Å². The molecule has 21 heavy (non-hydrogen) atoms. The van der Waals surface area contributed by atoms with Gasteiger partial charge in [-0.2, -0.15) is 0 Å². The molecular weight excluding hydrogens is 330 g/mol. The fourth-order valence-electron chi connectivity index (χ4n) is 2.19. The van der Waals surface area contributed by atoms with Gasteiger partial charge >= 0.3 is 0 Å². The molecule has 0 bridgehead atoms. The standard InChI is InChI=1S/C16H18BrN3O/c1-11(2)14(12-4-3-6-18-8-12)9-20-16(21)13-5-7-19-10-15(13)17/h3-8,10-11,14H,9H2,1-2H3,(H,20,21). The summed E-state index contributed by atoms with van der Waals surface area (Å²) >= 11 is 3.34. The van der Waals surface area contributed by atoms with E-state index in [4.69, 9.17) is 0 Å². The van der Waals surface area contributed by atoms with E-state index in [0.717, 1.165) is 5.56 Å². The third-order valence-corrected chi connectivity index (χ3v) is 4.05. The Morgan fingerprint density at radius 2 is 2.00 bits per heavy atom. The van der Waals surface area contributed by atoms with Gasteiger partial charge in [-0.25, -0.2) is 0 Å². The molecule has 2 rings (SSSR count). The molecule has 0 saturated heterocycles. The maximum Gasteiger partial charge on any atom is 0.252 e. The quantitative estimate of drug-likeness (QED) is 0.901. The molecule has 0 saturated carbocycles. The van der Waals surface area contributed by atoms with Crippen molar-refractivity contribution in [3.8, 4) is 0 Å². The fourth-order valence-corrected chi connectivity index (χ4v) is 2.62. The number of halogens is 1. The van der Waals surface area contributed by atoms with E-state index >= 15 is 0 Å². The van der Waals surface area contributed by atoms with Gasteiger partial charge in [0, 0.05) is 41.7 Å². The lowest BCUT2D eigenvalue weighted by molar-refractivity contribution is 0.0948. The van der Waals surface area contributed by atoms with Gasteiger partial charge in [0.1, 0.15) is 0 Å². The summed E-state index contributed by atoms with van der Waals surface area (Å²) in [6.07, 6.45) is 6.85. The first kappa shape index (κ1) is 15.6. The molecule has 1 amide bonds. The molecule has 0 spiro atoms. The lowest BCUT2D eigenvalue weighted by Crippen LogP contribution is -2.30. The van der Waals surface area contributed by atoms with Gasteiger partial charge in [0.05, 0.1) is 5.56 Å². The van der Waals surface area contributed by atoms with Crippen LogP contribution < -0.4 is 5.32 Å². The van der Waals surface area contributed by atoms with Crippen molar-refractivity contribution < 1.29 is 4.79 Å². The van der Waals surface area contributed by atoms with Crippen LogP contribution in [0.4, 0.5) is 0 Å². The van der Waals surface area contributed by atoms with Crippen LogP contribution in [0.15, 0.2) is 47.5 Å². The minimum absolute atomic E-state index is 0.0983. The highest BCUT2D eigenvalue weighted by atomic mass is 79.9. The fraction of sp³-hybridized carbons (Fsp3) is 0.312. The Hall–Kier alpha value is -1.75. The molecule has 1 N–H and O–H groups in total. The van der Waals surface area contributed by atoms with Crippen LogP contribution in [-0.4, -0.2) is 22.4 Å². The molecule has 2 aromatic heterocycles. The Labute approximate surface area is 133 Å². The van der Waals surface area contributed by atoms with Crippen LogP contribution in [0.25, 0.3) is 0 Å². The number of pyridine rings is 2. The van der Waals surface area contributed by atoms with Crippen molar-refractivity contribution in [1.29, 1.82) is 0 Å². The summed E-state index contributed by atoms with van der Waals surface area (Å²) in [5.41, 5.74) is 1.74. The van der Waals surface area contributed by atoms with E-state index in [0.29, 0.717) is 22.5 Å². The zero-order valence-electron chi connectivity index (χ0n) is 12.1. The summed E-state index contributed by atoms with van der Waals surface area (Å²) in [4.78, 5) is 20.4. The molecular formula is C16H18BrN3O. The molecule has 0 aromatic carbocycles. The number of amides is 1. The predicted octanol–water partition coefficient (Wildman–Crippen LogP) is 3.41. The SMILES string of the molecule is CC(C)C(CNC(=O)c1ccncc1Br)c1cccnc1. The lowest BCUT2D eigenvalue weighted by Gasteiger charge is -2.21. The molecule has 5 heteroatoms. The number of nitrogens with zero attached hydrogens (tertiary/aromatic N) is 2. The van der Waals surface area contributed by atoms with Crippen molar-refractivity contribution in [2.75, 3.05) is 6.54 Å². The van der Waals surface area contributed by atoms with Gasteiger partial charge in [0.2, 0.25) is 0 Å². The number of nitrogens with one attached hydrogen (secondary N) is 1. The van der Waals surface area contributed by atoms with Gasteiger partial charge in [-0.3, -0.25) is 14.8 Å². The Morgan fingerprint density at radius 1 is 1.24 bits per heavy atom. The van der Waals surface area contributed by atoms with Crippen LogP contribution in [0.2, 0.25) is 0 Å². The summed E-state index contributed by atoms with van der Waals surface area (Å²) in [6, 6.07) is 5.67. The van der Waals surface area contributed by atoms with Crippen molar-refractivity contribution in [2.45, 2.75) is 19.8 Å². The zero-order valence-corrected chi connectivity index (χ0v) is 13.7. The summed E-state index contributed by atoms with van der Waals surface area (Å²) < 4.78 is 0.699. The van der Waals surface area contributed by atoms with Crippen LogP contribution in [0, 0.1) is 5.92 Å². The molecule has 110 valence electrons. The van der Waals surface area contributed by atoms with Crippen molar-refractivity contribution in [3.63, 3.8) is 0 Å². The minimum Gasteiger partial charge on any atom is -0.351 e. The van der Waals surface area contributed by atoms with Crippen LogP contribution in [-0.2, 0) is 0 Å². The largest absolute Gasteiger partial charge is 0.351 e.